The average Bonchev–Trinajstić information content (AvgIpc) is 3.58. The highest BCUT2D eigenvalue weighted by Crippen LogP contribution is 2.31. The van der Waals surface area contributed by atoms with Crippen molar-refractivity contribution in [3.05, 3.63) is 109 Å². The molecule has 44 heavy (non-hydrogen) atoms. The molecule has 4 heterocycles. The Morgan fingerprint density at radius 3 is 1.77 bits per heavy atom. The van der Waals surface area contributed by atoms with E-state index < -0.39 is 22.9 Å². The predicted molar refractivity (Wildman–Crippen MR) is 165 cm³/mol. The molecule has 6 N–H and O–H groups in total. The smallest absolute Gasteiger partial charge is 0.349 e. The Morgan fingerprint density at radius 1 is 0.818 bits per heavy atom. The Morgan fingerprint density at radius 2 is 1.32 bits per heavy atom. The van der Waals surface area contributed by atoms with Gasteiger partial charge in [0.1, 0.15) is 5.70 Å². The molecule has 0 saturated carbocycles. The monoisotopic (exact) mass is 600 g/mol. The number of aliphatic carboxylic acids is 2. The van der Waals surface area contributed by atoms with Crippen LogP contribution < -0.4 is 10.4 Å². The average molecular weight is 601 g/mol. The lowest BCUT2D eigenvalue weighted by Gasteiger charge is -2.14. The van der Waals surface area contributed by atoms with Gasteiger partial charge in [-0.05, 0) is 68.9 Å². The highest BCUT2D eigenvalue weighted by Gasteiger charge is 2.32. The molecule has 4 rings (SSSR count). The molecule has 2 aromatic rings. The van der Waals surface area contributed by atoms with Gasteiger partial charge in [-0.25, -0.2) is 4.79 Å². The number of carbonyl (C=O) groups excluding carboxylic acids is 2. The summed E-state index contributed by atoms with van der Waals surface area (Å²) in [6.07, 6.45) is 6.91. The molecule has 0 aliphatic carbocycles. The van der Waals surface area contributed by atoms with Crippen LogP contribution in [-0.2, 0) is 38.4 Å². The van der Waals surface area contributed by atoms with Gasteiger partial charge in [0.2, 0.25) is 0 Å². The highest BCUT2D eigenvalue weighted by molar-refractivity contribution is 6.01. The molecule has 0 bridgehead atoms. The van der Waals surface area contributed by atoms with Gasteiger partial charge >= 0.3 is 17.8 Å². The zero-order chi connectivity index (χ0) is 32.5. The fourth-order valence-electron chi connectivity index (χ4n) is 5.77. The zero-order valence-corrected chi connectivity index (χ0v) is 25.2. The fourth-order valence-corrected chi connectivity index (χ4v) is 5.77. The van der Waals surface area contributed by atoms with E-state index in [-0.39, 0.29) is 49.3 Å². The van der Waals surface area contributed by atoms with Crippen molar-refractivity contribution in [1.29, 1.82) is 0 Å². The molecule has 2 amide bonds. The fraction of sp³-hybridized carbons (Fsp3) is 0.273. The van der Waals surface area contributed by atoms with Crippen molar-refractivity contribution >= 4 is 35.9 Å². The van der Waals surface area contributed by atoms with Gasteiger partial charge in [-0.3, -0.25) is 19.4 Å². The molecule has 2 aliphatic heterocycles. The second kappa shape index (κ2) is 12.7. The first-order valence-electron chi connectivity index (χ1n) is 14.1. The topological polar surface area (TPSA) is 180 Å². The van der Waals surface area contributed by atoms with Gasteiger partial charge in [-0.2, -0.15) is 0 Å². The minimum Gasteiger partial charge on any atom is -0.621 e. The van der Waals surface area contributed by atoms with Crippen LogP contribution in [0, 0.1) is 19.1 Å². The minimum absolute atomic E-state index is 0.101. The largest absolute Gasteiger partial charge is 0.621 e. The molecule has 2 aliphatic rings. The van der Waals surface area contributed by atoms with Crippen LogP contribution in [0.1, 0.15) is 71.7 Å². The van der Waals surface area contributed by atoms with Gasteiger partial charge in [-0.15, -0.1) is 0 Å². The highest BCUT2D eigenvalue weighted by atomic mass is 16.5. The van der Waals surface area contributed by atoms with Crippen LogP contribution in [0.25, 0.3) is 12.2 Å². The molecule has 2 aromatic heterocycles. The Kier molecular flexibility index (Phi) is 9.22. The van der Waals surface area contributed by atoms with E-state index in [2.05, 4.69) is 28.4 Å². The number of carboxylic acids is 2. The van der Waals surface area contributed by atoms with E-state index in [4.69, 9.17) is 0 Å². The summed E-state index contributed by atoms with van der Waals surface area (Å²) in [5.74, 6) is -2.75. The minimum atomic E-state index is -0.964. The van der Waals surface area contributed by atoms with E-state index in [1.165, 1.54) is 6.08 Å². The maximum Gasteiger partial charge on any atom is 0.349 e. The summed E-state index contributed by atoms with van der Waals surface area (Å²) in [5.41, 5.74) is 8.64. The summed E-state index contributed by atoms with van der Waals surface area (Å²) in [6.45, 7) is 14.6. The molecule has 0 saturated heterocycles. The first-order valence-corrected chi connectivity index (χ1v) is 14.1. The third kappa shape index (κ3) is 6.05. The summed E-state index contributed by atoms with van der Waals surface area (Å²) in [5, 5.41) is 33.8. The number of allylic oxidation sites excluding steroid dienone is 2. The summed E-state index contributed by atoms with van der Waals surface area (Å²) >= 11 is 0. The third-order valence-electron chi connectivity index (χ3n) is 8.32. The van der Waals surface area contributed by atoms with Crippen LogP contribution in [0.15, 0.2) is 59.0 Å². The van der Waals surface area contributed by atoms with Crippen molar-refractivity contribution in [3.63, 3.8) is 0 Å². The van der Waals surface area contributed by atoms with Gasteiger partial charge in [0.25, 0.3) is 5.91 Å². The van der Waals surface area contributed by atoms with Gasteiger partial charge in [0.15, 0.2) is 0 Å². The molecular weight excluding hydrogens is 564 g/mol. The van der Waals surface area contributed by atoms with E-state index in [9.17, 15) is 34.6 Å². The lowest BCUT2D eigenvalue weighted by molar-refractivity contribution is -0.709. The maximum atomic E-state index is 12.7. The number of carboxylic acid groups (broad SMARTS) is 2. The van der Waals surface area contributed by atoms with Crippen molar-refractivity contribution in [2.45, 2.75) is 59.8 Å². The van der Waals surface area contributed by atoms with Crippen LogP contribution in [0.4, 0.5) is 0 Å². The second-order valence-corrected chi connectivity index (χ2v) is 10.9. The molecule has 230 valence electrons. The number of aromatic nitrogens is 2. The third-order valence-corrected chi connectivity index (χ3v) is 8.32. The standard InChI is InChI=1S/C33H36N4O7/c1-7-20-19(6)32(42)36-26(20)13-24-16(3)22(9-11-30(38)39)27(34-24)14-28-23(10-12-31(40)41)17(4)25(35-28)15-29-18(5)21(8-2)33(43)37(29)44/h7-8,13,15,34-35,37H,1-2,9-12,14H2,3-6H3,(H,36,42)(H,38,39)(H,40,41)/b26-13-,29-15-. The van der Waals surface area contributed by atoms with Gasteiger partial charge in [-0.1, -0.05) is 25.3 Å². The van der Waals surface area contributed by atoms with Crippen LogP contribution in [0.3, 0.4) is 0 Å². The lowest BCUT2D eigenvalue weighted by atomic mass is 9.98. The van der Waals surface area contributed by atoms with E-state index >= 15 is 0 Å². The van der Waals surface area contributed by atoms with Crippen LogP contribution in [-0.4, -0.2) is 43.9 Å². The molecular formula is C33H36N4O7. The SMILES string of the molecule is C=CC1=C(C)/C(=C/c2[nH]c(Cc3[nH]c(/C=C4\NC(=O)C(C)=C4C=C)c(C)c3CCC(=O)O)c(CCC(=O)O)c2C)[NH+]([O-])C1=O. The molecule has 0 radical (unpaired) electrons. The van der Waals surface area contributed by atoms with Crippen LogP contribution >= 0.6 is 0 Å². The molecule has 11 heteroatoms. The number of rotatable bonds is 12. The summed E-state index contributed by atoms with van der Waals surface area (Å²) in [7, 11) is 0. The second-order valence-electron chi connectivity index (χ2n) is 10.9. The van der Waals surface area contributed by atoms with E-state index in [1.54, 1.807) is 32.1 Å². The zero-order valence-electron chi connectivity index (χ0n) is 25.2. The number of aromatic amines is 2. The Labute approximate surface area is 254 Å². The molecule has 11 nitrogen and oxygen atoms in total. The molecule has 1 atom stereocenters. The van der Waals surface area contributed by atoms with E-state index in [0.717, 1.165) is 27.9 Å². The molecule has 0 spiro atoms. The van der Waals surface area contributed by atoms with Gasteiger partial charge in [0, 0.05) is 64.8 Å². The van der Waals surface area contributed by atoms with Gasteiger partial charge < -0.3 is 30.7 Å². The van der Waals surface area contributed by atoms with Crippen molar-refractivity contribution < 1.29 is 34.5 Å². The predicted octanol–water partition coefficient (Wildman–Crippen LogP) is 3.32. The summed E-state index contributed by atoms with van der Waals surface area (Å²) < 4.78 is 0. The number of hydrogen-bond acceptors (Lipinski definition) is 5. The van der Waals surface area contributed by atoms with Crippen molar-refractivity contribution in [1.82, 2.24) is 15.3 Å². The molecule has 0 aromatic carbocycles. The molecule has 0 fully saturated rings. The number of amides is 2. The van der Waals surface area contributed by atoms with E-state index in [1.807, 2.05) is 13.8 Å². The number of H-pyrrole nitrogens is 2. The number of hydrogen-bond donors (Lipinski definition) is 6. The summed E-state index contributed by atoms with van der Waals surface area (Å²) in [4.78, 5) is 54.5. The van der Waals surface area contributed by atoms with Crippen LogP contribution in [0.2, 0.25) is 0 Å². The van der Waals surface area contributed by atoms with Gasteiger partial charge in [0.05, 0.1) is 11.3 Å². The summed E-state index contributed by atoms with van der Waals surface area (Å²) in [6, 6.07) is 0. The molecule has 1 unspecified atom stereocenters. The number of hydroxylamine groups is 2. The van der Waals surface area contributed by atoms with Crippen molar-refractivity contribution in [3.8, 4) is 0 Å². The Bertz CT molecular complexity index is 1740. The first kappa shape index (κ1) is 31.9. The lowest BCUT2D eigenvalue weighted by Crippen LogP contribution is -3.06. The number of nitrogens with one attached hydrogen (secondary N) is 4. The van der Waals surface area contributed by atoms with Crippen molar-refractivity contribution in [2.75, 3.05) is 0 Å². The Balaban J connectivity index is 1.82. The van der Waals surface area contributed by atoms with Crippen LogP contribution in [0.5, 0.6) is 0 Å². The number of quaternary nitrogens is 1. The number of carbonyl (C=O) groups is 4. The van der Waals surface area contributed by atoms with E-state index in [0.29, 0.717) is 39.5 Å². The normalized spacial score (nSPS) is 18.6. The van der Waals surface area contributed by atoms with Crippen molar-refractivity contribution in [2.24, 2.45) is 0 Å². The first-order chi connectivity index (χ1) is 20.8. The maximum absolute atomic E-state index is 12.7. The Hall–Kier alpha value is -5.00. The quantitative estimate of drug-likeness (QED) is 0.202.